The second kappa shape index (κ2) is 12.1. The second-order valence-electron chi connectivity index (χ2n) is 17.3. The summed E-state index contributed by atoms with van der Waals surface area (Å²) in [5, 5.41) is 3.18. The van der Waals surface area contributed by atoms with Crippen molar-refractivity contribution < 1.29 is 43.3 Å². The van der Waals surface area contributed by atoms with E-state index in [1.54, 1.807) is 0 Å². The second-order valence-corrected chi connectivity index (χ2v) is 17.3. The molecule has 8 aliphatic heterocycles. The molecule has 0 aromatic carbocycles. The Morgan fingerprint density at radius 2 is 1.15 bits per heavy atom. The quantitative estimate of drug-likeness (QED) is 0.229. The Morgan fingerprint density at radius 1 is 0.638 bits per heavy atom. The first-order chi connectivity index (χ1) is 22.5. The van der Waals surface area contributed by atoms with Crippen molar-refractivity contribution in [3.05, 3.63) is 0 Å². The fraction of sp³-hybridized carbons (Fsp3) is 0.973. The fourth-order valence-corrected chi connectivity index (χ4v) is 11.7. The highest BCUT2D eigenvalue weighted by Gasteiger charge is 2.70. The standard InChI is InChI=1S/C37H59NO9/c1-21-10-12-27-23(3)29(40-32-36(27)25(21)16-18-34(5,42-32)44-46-36)9-7-8-20-38-31(39)15-14-30-24(4)28-13-11-22(2)26-17-19-35(6)43-33(41-30)37(26,28)47-45-35/h21-30,32-33H,7-20H2,1-6H3,(H,38,39)/t21-,22-,23-,24-,25+,26+,27+,28+,29-,30-,32-,33-,34+,35+,36+,37+/m1/s1. The normalized spacial score (nSPS) is 54.6. The van der Waals surface area contributed by atoms with E-state index < -0.39 is 29.1 Å². The number of ether oxygens (including phenoxy) is 4. The van der Waals surface area contributed by atoms with Crippen LogP contribution in [0.4, 0.5) is 0 Å². The first kappa shape index (κ1) is 33.3. The van der Waals surface area contributed by atoms with Gasteiger partial charge in [-0.2, -0.15) is 0 Å². The minimum Gasteiger partial charge on any atom is -0.356 e. The van der Waals surface area contributed by atoms with Crippen molar-refractivity contribution in [3.63, 3.8) is 0 Å². The molecule has 2 saturated carbocycles. The highest BCUT2D eigenvalue weighted by atomic mass is 17.3. The molecule has 16 atom stereocenters. The van der Waals surface area contributed by atoms with Crippen LogP contribution >= 0.6 is 0 Å². The number of nitrogens with one attached hydrogen (secondary N) is 1. The number of hydrogen-bond donors (Lipinski definition) is 1. The summed E-state index contributed by atoms with van der Waals surface area (Å²) >= 11 is 0. The predicted molar refractivity (Wildman–Crippen MR) is 170 cm³/mol. The molecule has 266 valence electrons. The van der Waals surface area contributed by atoms with Gasteiger partial charge in [-0.1, -0.05) is 27.7 Å². The van der Waals surface area contributed by atoms with Gasteiger partial charge in [-0.25, -0.2) is 19.6 Å². The summed E-state index contributed by atoms with van der Waals surface area (Å²) < 4.78 is 26.4. The van der Waals surface area contributed by atoms with Gasteiger partial charge in [-0.15, -0.1) is 0 Å². The van der Waals surface area contributed by atoms with Crippen LogP contribution in [0, 0.1) is 47.3 Å². The zero-order valence-electron chi connectivity index (χ0n) is 29.5. The maximum Gasteiger partial charge on any atom is 0.220 e. The molecule has 47 heavy (non-hydrogen) atoms. The lowest BCUT2D eigenvalue weighted by atomic mass is 9.57. The molecule has 1 amide bonds. The Kier molecular flexibility index (Phi) is 8.60. The average molecular weight is 662 g/mol. The van der Waals surface area contributed by atoms with E-state index in [9.17, 15) is 4.79 Å². The van der Waals surface area contributed by atoms with E-state index in [0.717, 1.165) is 57.8 Å². The van der Waals surface area contributed by atoms with Gasteiger partial charge < -0.3 is 24.3 Å². The van der Waals surface area contributed by atoms with Gasteiger partial charge >= 0.3 is 0 Å². The number of carbonyl (C=O) groups is 1. The number of hydrogen-bond acceptors (Lipinski definition) is 9. The topological polar surface area (TPSA) is 103 Å². The van der Waals surface area contributed by atoms with Crippen LogP contribution in [0.5, 0.6) is 0 Å². The van der Waals surface area contributed by atoms with E-state index >= 15 is 0 Å². The number of fused-ring (bicyclic) bond motifs is 4. The minimum atomic E-state index is -0.776. The Morgan fingerprint density at radius 3 is 1.68 bits per heavy atom. The first-order valence-electron chi connectivity index (χ1n) is 19.1. The van der Waals surface area contributed by atoms with Crippen LogP contribution in [-0.2, 0) is 43.3 Å². The molecule has 0 unspecified atom stereocenters. The van der Waals surface area contributed by atoms with Gasteiger partial charge in [-0.3, -0.25) is 4.79 Å². The summed E-state index contributed by atoms with van der Waals surface area (Å²) in [5.74, 6) is 1.70. The van der Waals surface area contributed by atoms with Gasteiger partial charge in [0, 0.05) is 37.6 Å². The fourth-order valence-electron chi connectivity index (χ4n) is 11.7. The van der Waals surface area contributed by atoms with Gasteiger partial charge in [0.05, 0.1) is 12.2 Å². The van der Waals surface area contributed by atoms with Crippen molar-refractivity contribution >= 4 is 5.91 Å². The van der Waals surface area contributed by atoms with Crippen LogP contribution in [0.2, 0.25) is 0 Å². The van der Waals surface area contributed by atoms with Crippen molar-refractivity contribution in [2.45, 2.75) is 173 Å². The van der Waals surface area contributed by atoms with E-state index in [1.165, 1.54) is 12.8 Å². The van der Waals surface area contributed by atoms with Crippen LogP contribution in [-0.4, -0.2) is 60.0 Å². The number of unbranched alkanes of at least 4 members (excludes halogenated alkanes) is 1. The van der Waals surface area contributed by atoms with E-state index in [1.807, 2.05) is 13.8 Å². The molecule has 4 bridgehead atoms. The molecule has 0 radical (unpaired) electrons. The summed E-state index contributed by atoms with van der Waals surface area (Å²) in [5.41, 5.74) is -1.06. The highest BCUT2D eigenvalue weighted by molar-refractivity contribution is 5.75. The van der Waals surface area contributed by atoms with Crippen molar-refractivity contribution in [3.8, 4) is 0 Å². The Labute approximate surface area is 280 Å². The SMILES string of the molecule is C[C@H]1[C@@H](CCCCNC(=O)CC[C@H]2O[C@@H]3O[C@]4(C)CC[C@H]5[C@H](C)CC[C@@H]([C@H]2C)[C@]35OO4)O[C@@H]2O[C@]3(C)CC[C@H]4[C@H](C)CC[C@@H]1[C@]24OO3. The summed E-state index contributed by atoms with van der Waals surface area (Å²) in [6, 6.07) is 0. The Hall–Kier alpha value is -0.850. The Balaban J connectivity index is 0.818. The predicted octanol–water partition coefficient (Wildman–Crippen LogP) is 6.55. The summed E-state index contributed by atoms with van der Waals surface area (Å²) in [4.78, 5) is 37.5. The first-order valence-corrected chi connectivity index (χ1v) is 19.1. The molecule has 2 spiro atoms. The van der Waals surface area contributed by atoms with E-state index in [4.69, 9.17) is 38.5 Å². The lowest BCUT2D eigenvalue weighted by molar-refractivity contribution is -0.571. The Bertz CT molecular complexity index is 1190. The largest absolute Gasteiger partial charge is 0.356 e. The van der Waals surface area contributed by atoms with Crippen LogP contribution in [0.3, 0.4) is 0 Å². The third-order valence-corrected chi connectivity index (χ3v) is 14.5. The molecule has 8 saturated heterocycles. The average Bonchev–Trinajstić information content (AvgIpc) is 3.42. The van der Waals surface area contributed by atoms with E-state index in [-0.39, 0.29) is 30.3 Å². The summed E-state index contributed by atoms with van der Waals surface area (Å²) in [7, 11) is 0. The van der Waals surface area contributed by atoms with Gasteiger partial charge in [0.1, 0.15) is 0 Å². The number of amides is 1. The monoisotopic (exact) mass is 661 g/mol. The molecular formula is C37H59NO9. The lowest BCUT2D eigenvalue weighted by Crippen LogP contribution is -2.70. The van der Waals surface area contributed by atoms with Gasteiger partial charge in [0.25, 0.3) is 0 Å². The van der Waals surface area contributed by atoms with Crippen LogP contribution < -0.4 is 5.32 Å². The molecular weight excluding hydrogens is 602 g/mol. The third kappa shape index (κ3) is 5.28. The van der Waals surface area contributed by atoms with E-state index in [2.05, 4.69) is 33.0 Å². The van der Waals surface area contributed by atoms with Crippen LogP contribution in [0.25, 0.3) is 0 Å². The molecule has 2 aliphatic carbocycles. The van der Waals surface area contributed by atoms with Crippen LogP contribution in [0.15, 0.2) is 0 Å². The zero-order chi connectivity index (χ0) is 32.8. The molecule has 0 aromatic rings. The van der Waals surface area contributed by atoms with Crippen LogP contribution in [0.1, 0.15) is 125 Å². The molecule has 0 aromatic heterocycles. The van der Waals surface area contributed by atoms with Crippen molar-refractivity contribution in [2.24, 2.45) is 47.3 Å². The van der Waals surface area contributed by atoms with Crippen molar-refractivity contribution in [2.75, 3.05) is 6.54 Å². The highest BCUT2D eigenvalue weighted by Crippen LogP contribution is 2.62. The summed E-state index contributed by atoms with van der Waals surface area (Å²) in [6.07, 6.45) is 11.5. The minimum absolute atomic E-state index is 0.0457. The third-order valence-electron chi connectivity index (χ3n) is 14.5. The molecule has 10 heteroatoms. The molecule has 10 nitrogen and oxygen atoms in total. The number of carbonyl (C=O) groups excluding carboxylic acids is 1. The summed E-state index contributed by atoms with van der Waals surface area (Å²) in [6.45, 7) is 13.9. The molecule has 10 fully saturated rings. The molecule has 10 rings (SSSR count). The van der Waals surface area contributed by atoms with E-state index in [0.29, 0.717) is 60.8 Å². The van der Waals surface area contributed by atoms with Crippen molar-refractivity contribution in [1.29, 1.82) is 0 Å². The zero-order valence-corrected chi connectivity index (χ0v) is 29.5. The lowest BCUT2D eigenvalue weighted by Gasteiger charge is -2.60. The molecule has 10 aliphatic rings. The van der Waals surface area contributed by atoms with Crippen molar-refractivity contribution in [1.82, 2.24) is 5.32 Å². The maximum atomic E-state index is 13.0. The van der Waals surface area contributed by atoms with Gasteiger partial charge in [0.2, 0.25) is 17.5 Å². The maximum absolute atomic E-state index is 13.0. The number of rotatable bonds is 8. The smallest absolute Gasteiger partial charge is 0.220 e. The molecule has 8 heterocycles. The van der Waals surface area contributed by atoms with Gasteiger partial charge in [0.15, 0.2) is 23.8 Å². The molecule has 1 N–H and O–H groups in total. The van der Waals surface area contributed by atoms with Gasteiger partial charge in [-0.05, 0) is 114 Å².